The van der Waals surface area contributed by atoms with Gasteiger partial charge in [-0.15, -0.1) is 0 Å². The van der Waals surface area contributed by atoms with Gasteiger partial charge in [0.25, 0.3) is 0 Å². The van der Waals surface area contributed by atoms with Crippen LogP contribution in [0.15, 0.2) is 54.6 Å². The van der Waals surface area contributed by atoms with E-state index in [2.05, 4.69) is 43.3 Å². The van der Waals surface area contributed by atoms with E-state index in [1.807, 2.05) is 18.2 Å². The van der Waals surface area contributed by atoms with Gasteiger partial charge < -0.3 is 14.3 Å². The zero-order valence-electron chi connectivity index (χ0n) is 20.8. The Balaban J connectivity index is 1.26. The molecule has 188 valence electrons. The summed E-state index contributed by atoms with van der Waals surface area (Å²) in [4.78, 5) is 10.9. The van der Waals surface area contributed by atoms with Crippen molar-refractivity contribution < 1.29 is 22.7 Å². The van der Waals surface area contributed by atoms with Crippen LogP contribution in [0.3, 0.4) is 0 Å². The molecule has 6 heteroatoms. The Bertz CT molecular complexity index is 1380. The minimum atomic E-state index is -2.97. The van der Waals surface area contributed by atoms with E-state index in [9.17, 15) is 13.2 Å². The maximum Gasteiger partial charge on any atom is 0.147 e. The normalized spacial score (nSPS) is 18.2. The smallest absolute Gasteiger partial charge is 0.147 e. The van der Waals surface area contributed by atoms with Gasteiger partial charge in [-0.2, -0.15) is 0 Å². The summed E-state index contributed by atoms with van der Waals surface area (Å²) in [5.41, 5.74) is 8.61. The van der Waals surface area contributed by atoms with Gasteiger partial charge in [0, 0.05) is 12.2 Å². The predicted octanol–water partition coefficient (Wildman–Crippen LogP) is 5.46. The maximum absolute atomic E-state index is 11.3. The lowest BCUT2D eigenvalue weighted by molar-refractivity contribution is -0.108. The first kappa shape index (κ1) is 24.6. The number of hydrogen-bond acceptors (Lipinski definition) is 5. The molecule has 0 radical (unpaired) electrons. The molecule has 0 aliphatic heterocycles. The average molecular weight is 505 g/mol. The standard InChI is InChI=1S/C30H32O5S/c1-20-14-27(34-12-3-13-36(2,32)33)16-24-7-6-23-5-4-21(15-29(23)30(20)24)19-35-26-10-8-22(9-11-26)28-17-25(28)18-31/h4-5,8-11,14-16,18,25,28H,3,6-7,12-13,17,19H2,1-2H3/t25-,28-/m1/s1. The quantitative estimate of drug-likeness (QED) is 0.271. The molecule has 5 nitrogen and oxygen atoms in total. The molecular formula is C30H32O5S. The lowest BCUT2D eigenvalue weighted by atomic mass is 9.82. The largest absolute Gasteiger partial charge is 0.494 e. The van der Waals surface area contributed by atoms with Gasteiger partial charge in [0.15, 0.2) is 0 Å². The zero-order valence-corrected chi connectivity index (χ0v) is 21.6. The molecule has 3 aromatic rings. The van der Waals surface area contributed by atoms with Gasteiger partial charge in [0.2, 0.25) is 0 Å². The van der Waals surface area contributed by atoms with Gasteiger partial charge in [0.1, 0.15) is 34.2 Å². The summed E-state index contributed by atoms with van der Waals surface area (Å²) in [6.45, 7) is 2.99. The second-order valence-electron chi connectivity index (χ2n) is 10.1. The molecule has 0 heterocycles. The Morgan fingerprint density at radius 1 is 0.944 bits per heavy atom. The molecule has 0 spiro atoms. The van der Waals surface area contributed by atoms with Crippen molar-refractivity contribution in [2.45, 2.75) is 45.1 Å². The van der Waals surface area contributed by atoms with Crippen LogP contribution in [-0.2, 0) is 34.1 Å². The Labute approximate surface area is 213 Å². The highest BCUT2D eigenvalue weighted by molar-refractivity contribution is 7.90. The number of ether oxygens (including phenoxy) is 2. The molecule has 2 aliphatic carbocycles. The summed E-state index contributed by atoms with van der Waals surface area (Å²) < 4.78 is 34.7. The molecule has 36 heavy (non-hydrogen) atoms. The molecule has 5 rings (SSSR count). The van der Waals surface area contributed by atoms with Crippen molar-refractivity contribution in [3.63, 3.8) is 0 Å². The Morgan fingerprint density at radius 3 is 2.44 bits per heavy atom. The molecule has 1 fully saturated rings. The maximum atomic E-state index is 11.3. The van der Waals surface area contributed by atoms with Crippen LogP contribution in [0.4, 0.5) is 0 Å². The summed E-state index contributed by atoms with van der Waals surface area (Å²) in [7, 11) is -2.97. The van der Waals surface area contributed by atoms with Gasteiger partial charge in [0.05, 0.1) is 12.4 Å². The molecule has 1 saturated carbocycles. The number of fused-ring (bicyclic) bond motifs is 3. The minimum Gasteiger partial charge on any atom is -0.494 e. The van der Waals surface area contributed by atoms with Gasteiger partial charge in [-0.05, 0) is 108 Å². The van der Waals surface area contributed by atoms with Crippen LogP contribution >= 0.6 is 0 Å². The molecule has 0 aromatic heterocycles. The number of rotatable bonds is 10. The number of benzene rings is 3. The fourth-order valence-corrected chi connectivity index (χ4v) is 5.80. The molecule has 0 N–H and O–H groups in total. The van der Waals surface area contributed by atoms with Crippen molar-refractivity contribution in [3.05, 3.63) is 82.4 Å². The zero-order chi connectivity index (χ0) is 25.3. The van der Waals surface area contributed by atoms with Crippen molar-refractivity contribution in [1.82, 2.24) is 0 Å². The topological polar surface area (TPSA) is 69.7 Å². The van der Waals surface area contributed by atoms with E-state index < -0.39 is 9.84 Å². The van der Waals surface area contributed by atoms with Crippen LogP contribution in [0.25, 0.3) is 11.1 Å². The van der Waals surface area contributed by atoms with Crippen LogP contribution in [-0.4, -0.2) is 33.3 Å². The fourth-order valence-electron chi connectivity index (χ4n) is 5.16. The lowest BCUT2D eigenvalue weighted by Gasteiger charge is -2.24. The highest BCUT2D eigenvalue weighted by Crippen LogP contribution is 2.46. The van der Waals surface area contributed by atoms with E-state index in [1.54, 1.807) is 0 Å². The predicted molar refractivity (Wildman–Crippen MR) is 142 cm³/mol. The minimum absolute atomic E-state index is 0.139. The first-order valence-corrected chi connectivity index (χ1v) is 14.6. The van der Waals surface area contributed by atoms with E-state index in [0.29, 0.717) is 25.6 Å². The molecule has 2 atom stereocenters. The average Bonchev–Trinajstić information content (AvgIpc) is 3.65. The van der Waals surface area contributed by atoms with Crippen molar-refractivity contribution in [1.29, 1.82) is 0 Å². The molecule has 0 amide bonds. The van der Waals surface area contributed by atoms with Crippen molar-refractivity contribution in [2.75, 3.05) is 18.6 Å². The lowest BCUT2D eigenvalue weighted by Crippen LogP contribution is -2.10. The van der Waals surface area contributed by atoms with Crippen LogP contribution in [0.5, 0.6) is 11.5 Å². The van der Waals surface area contributed by atoms with E-state index in [1.165, 1.54) is 34.1 Å². The van der Waals surface area contributed by atoms with E-state index in [-0.39, 0.29) is 11.7 Å². The van der Waals surface area contributed by atoms with Gasteiger partial charge in [-0.3, -0.25) is 0 Å². The second kappa shape index (κ2) is 10.1. The van der Waals surface area contributed by atoms with E-state index >= 15 is 0 Å². The Morgan fingerprint density at radius 2 is 1.72 bits per heavy atom. The summed E-state index contributed by atoms with van der Waals surface area (Å²) in [5, 5.41) is 0. The molecule has 0 unspecified atom stereocenters. The summed E-state index contributed by atoms with van der Waals surface area (Å²) >= 11 is 0. The van der Waals surface area contributed by atoms with Gasteiger partial charge in [-0.25, -0.2) is 8.42 Å². The van der Waals surface area contributed by atoms with Gasteiger partial charge >= 0.3 is 0 Å². The SMILES string of the molecule is Cc1cc(OCCCS(C)(=O)=O)cc2c1-c1cc(COc3ccc([C@H]4C[C@@H]4C=O)cc3)ccc1CC2. The van der Waals surface area contributed by atoms with Gasteiger partial charge in [-0.1, -0.05) is 24.3 Å². The highest BCUT2D eigenvalue weighted by Gasteiger charge is 2.37. The first-order valence-electron chi connectivity index (χ1n) is 12.5. The number of aldehydes is 1. The van der Waals surface area contributed by atoms with Crippen LogP contribution in [0.2, 0.25) is 0 Å². The molecule has 2 aliphatic rings. The third-order valence-electron chi connectivity index (χ3n) is 7.15. The second-order valence-corrected chi connectivity index (χ2v) is 12.4. The fraction of sp³-hybridized carbons (Fsp3) is 0.367. The summed E-state index contributed by atoms with van der Waals surface area (Å²) in [6.07, 6.45) is 5.69. The molecule has 0 bridgehead atoms. The van der Waals surface area contributed by atoms with Crippen LogP contribution < -0.4 is 9.47 Å². The Hall–Kier alpha value is -3.12. The van der Waals surface area contributed by atoms with E-state index in [0.717, 1.165) is 48.2 Å². The number of aryl methyl sites for hydroxylation is 3. The highest BCUT2D eigenvalue weighted by atomic mass is 32.2. The number of hydrogen-bond donors (Lipinski definition) is 0. The third kappa shape index (κ3) is 5.65. The summed E-state index contributed by atoms with van der Waals surface area (Å²) in [5.74, 6) is 2.33. The monoisotopic (exact) mass is 504 g/mol. The molecule has 0 saturated heterocycles. The molecule has 3 aromatic carbocycles. The first-order chi connectivity index (χ1) is 17.3. The van der Waals surface area contributed by atoms with E-state index in [4.69, 9.17) is 9.47 Å². The number of carbonyl (C=O) groups is 1. The number of sulfone groups is 1. The third-order valence-corrected chi connectivity index (χ3v) is 8.18. The summed E-state index contributed by atoms with van der Waals surface area (Å²) in [6, 6.07) is 18.9. The van der Waals surface area contributed by atoms with Crippen LogP contribution in [0, 0.1) is 12.8 Å². The Kier molecular flexibility index (Phi) is 6.89. The van der Waals surface area contributed by atoms with Crippen molar-refractivity contribution in [2.24, 2.45) is 5.92 Å². The van der Waals surface area contributed by atoms with Crippen molar-refractivity contribution >= 4 is 16.1 Å². The number of carbonyl (C=O) groups excluding carboxylic acids is 1. The van der Waals surface area contributed by atoms with Crippen LogP contribution in [0.1, 0.15) is 46.6 Å². The molecular weight excluding hydrogens is 472 g/mol. The van der Waals surface area contributed by atoms with Crippen molar-refractivity contribution in [3.8, 4) is 22.6 Å².